The molecular weight excluding hydrogens is 354 g/mol. The maximum atomic E-state index is 13.0. The van der Waals surface area contributed by atoms with Gasteiger partial charge in [-0.1, -0.05) is 18.2 Å². The minimum Gasteiger partial charge on any atom is -0.355 e. The van der Waals surface area contributed by atoms with Gasteiger partial charge in [-0.2, -0.15) is 0 Å². The lowest BCUT2D eigenvalue weighted by Gasteiger charge is -2.26. The van der Waals surface area contributed by atoms with Gasteiger partial charge in [-0.3, -0.25) is 9.59 Å². The molecule has 0 bridgehead atoms. The minimum atomic E-state index is -0.460. The molecule has 2 aliphatic rings. The molecule has 1 aromatic carbocycles. The number of carbonyl (C=O) groups is 2. The molecule has 0 radical (unpaired) electrons. The van der Waals surface area contributed by atoms with Crippen molar-refractivity contribution in [3.63, 3.8) is 0 Å². The van der Waals surface area contributed by atoms with E-state index in [9.17, 15) is 9.59 Å². The molecule has 1 atom stereocenters. The van der Waals surface area contributed by atoms with Gasteiger partial charge in [0.05, 0.1) is 0 Å². The number of likely N-dealkylation sites (N-methyl/N-ethyl adjacent to an activating group) is 1. The summed E-state index contributed by atoms with van der Waals surface area (Å²) in [5.74, 6) is 0.531. The van der Waals surface area contributed by atoms with Gasteiger partial charge in [0, 0.05) is 31.9 Å². The fraction of sp³-hybridized carbons (Fsp3) is 0.429. The molecule has 2 aromatic rings. The number of hydrogen-bond acceptors (Lipinski definition) is 5. The Labute approximate surface area is 165 Å². The Morgan fingerprint density at radius 3 is 2.46 bits per heavy atom. The zero-order valence-corrected chi connectivity index (χ0v) is 16.1. The van der Waals surface area contributed by atoms with Crippen LogP contribution in [0, 0.1) is 0 Å². The lowest BCUT2D eigenvalue weighted by atomic mass is 10.2. The average molecular weight is 379 g/mol. The fourth-order valence-corrected chi connectivity index (χ4v) is 4.03. The quantitative estimate of drug-likeness (QED) is 0.798. The summed E-state index contributed by atoms with van der Waals surface area (Å²) in [6, 6.07) is 12.7. The van der Waals surface area contributed by atoms with Crippen LogP contribution in [0.5, 0.6) is 0 Å². The van der Waals surface area contributed by atoms with Crippen LogP contribution in [0.1, 0.15) is 36.7 Å². The van der Waals surface area contributed by atoms with Crippen LogP contribution in [0.2, 0.25) is 0 Å². The molecule has 0 saturated carbocycles. The molecule has 7 heteroatoms. The van der Waals surface area contributed by atoms with E-state index in [0.29, 0.717) is 19.5 Å². The Morgan fingerprint density at radius 2 is 1.82 bits per heavy atom. The van der Waals surface area contributed by atoms with Crippen LogP contribution in [-0.4, -0.2) is 59.1 Å². The van der Waals surface area contributed by atoms with Crippen molar-refractivity contribution in [2.45, 2.75) is 32.2 Å². The first-order valence-corrected chi connectivity index (χ1v) is 9.95. The Morgan fingerprint density at radius 1 is 1.07 bits per heavy atom. The number of aromatic nitrogens is 2. The van der Waals surface area contributed by atoms with Crippen molar-refractivity contribution in [1.29, 1.82) is 0 Å². The molecule has 2 fully saturated rings. The van der Waals surface area contributed by atoms with Crippen LogP contribution in [-0.2, 0) is 4.79 Å². The molecule has 28 heavy (non-hydrogen) atoms. The molecule has 0 N–H and O–H groups in total. The second kappa shape index (κ2) is 7.96. The van der Waals surface area contributed by atoms with E-state index in [1.165, 1.54) is 0 Å². The molecule has 4 rings (SSSR count). The van der Waals surface area contributed by atoms with Crippen molar-refractivity contribution in [2.75, 3.05) is 36.0 Å². The van der Waals surface area contributed by atoms with Crippen LogP contribution < -0.4 is 9.80 Å². The fourth-order valence-electron chi connectivity index (χ4n) is 4.03. The van der Waals surface area contributed by atoms with Gasteiger partial charge in [0.1, 0.15) is 6.04 Å². The number of para-hydroxylation sites is 1. The predicted octanol–water partition coefficient (Wildman–Crippen LogP) is 2.34. The predicted molar refractivity (Wildman–Crippen MR) is 107 cm³/mol. The summed E-state index contributed by atoms with van der Waals surface area (Å²) in [5, 5.41) is 8.40. The molecule has 1 unspecified atom stereocenters. The Hall–Kier alpha value is -2.96. The average Bonchev–Trinajstić information content (AvgIpc) is 3.40. The summed E-state index contributed by atoms with van der Waals surface area (Å²) in [5.41, 5.74) is 1.16. The van der Waals surface area contributed by atoms with Crippen LogP contribution in [0.3, 0.4) is 0 Å². The maximum absolute atomic E-state index is 13.0. The van der Waals surface area contributed by atoms with Gasteiger partial charge in [-0.25, -0.2) is 0 Å². The van der Waals surface area contributed by atoms with Gasteiger partial charge in [0.15, 0.2) is 11.5 Å². The minimum absolute atomic E-state index is 0.0388. The third-order valence-corrected chi connectivity index (χ3v) is 5.52. The lowest BCUT2D eigenvalue weighted by molar-refractivity contribution is -0.120. The van der Waals surface area contributed by atoms with Crippen LogP contribution in [0.4, 0.5) is 11.5 Å². The van der Waals surface area contributed by atoms with Gasteiger partial charge in [0.25, 0.3) is 5.91 Å². The Bertz CT molecular complexity index is 834. The summed E-state index contributed by atoms with van der Waals surface area (Å²) in [7, 11) is 0. The second-order valence-corrected chi connectivity index (χ2v) is 7.19. The number of anilines is 2. The number of benzene rings is 1. The number of carbonyl (C=O) groups excluding carboxylic acids is 2. The van der Waals surface area contributed by atoms with Crippen molar-refractivity contribution >= 4 is 23.3 Å². The highest BCUT2D eigenvalue weighted by atomic mass is 16.2. The van der Waals surface area contributed by atoms with E-state index in [4.69, 9.17) is 0 Å². The largest absolute Gasteiger partial charge is 0.355 e. The molecule has 3 heterocycles. The van der Waals surface area contributed by atoms with Crippen molar-refractivity contribution in [3.8, 4) is 0 Å². The molecule has 2 aliphatic heterocycles. The first-order valence-electron chi connectivity index (χ1n) is 9.95. The number of amides is 2. The van der Waals surface area contributed by atoms with E-state index in [1.54, 1.807) is 15.9 Å². The third-order valence-electron chi connectivity index (χ3n) is 5.52. The van der Waals surface area contributed by atoms with Crippen LogP contribution >= 0.6 is 0 Å². The Balaban J connectivity index is 1.49. The highest BCUT2D eigenvalue weighted by Crippen LogP contribution is 2.25. The van der Waals surface area contributed by atoms with E-state index < -0.39 is 6.04 Å². The number of rotatable bonds is 5. The molecular formula is C21H25N5O2. The third kappa shape index (κ3) is 3.44. The van der Waals surface area contributed by atoms with Gasteiger partial charge in [-0.15, -0.1) is 10.2 Å². The first kappa shape index (κ1) is 18.4. The standard InChI is InChI=1S/C21H25N5O2/c1-2-25(18-12-15-26(21(18)28)16-8-4-3-5-9-16)20(27)17-10-11-19(23-22-17)24-13-6-7-14-24/h3-5,8-11,18H,2,6-7,12-15H2,1H3. The topological polar surface area (TPSA) is 69.6 Å². The summed E-state index contributed by atoms with van der Waals surface area (Å²) >= 11 is 0. The SMILES string of the molecule is CCN(C(=O)c1ccc(N2CCCC2)nn1)C1CCN(c2ccccc2)C1=O. The van der Waals surface area contributed by atoms with E-state index >= 15 is 0 Å². The smallest absolute Gasteiger partial charge is 0.275 e. The number of hydrogen-bond donors (Lipinski definition) is 0. The van der Waals surface area contributed by atoms with Gasteiger partial charge >= 0.3 is 0 Å². The van der Waals surface area contributed by atoms with Crippen LogP contribution in [0.15, 0.2) is 42.5 Å². The molecule has 1 aromatic heterocycles. The molecule has 2 saturated heterocycles. The summed E-state index contributed by atoms with van der Waals surface area (Å²) in [4.78, 5) is 31.5. The zero-order chi connectivity index (χ0) is 19.5. The lowest BCUT2D eigenvalue weighted by Crippen LogP contribution is -2.45. The van der Waals surface area contributed by atoms with Gasteiger partial charge in [0.2, 0.25) is 5.91 Å². The summed E-state index contributed by atoms with van der Waals surface area (Å²) in [6.07, 6.45) is 2.94. The van der Waals surface area contributed by atoms with E-state index in [0.717, 1.165) is 37.4 Å². The molecule has 2 amide bonds. The summed E-state index contributed by atoms with van der Waals surface area (Å²) in [6.45, 7) is 4.91. The van der Waals surface area contributed by atoms with E-state index in [1.807, 2.05) is 43.3 Å². The normalized spacial score (nSPS) is 19.3. The van der Waals surface area contributed by atoms with E-state index in [2.05, 4.69) is 15.1 Å². The number of nitrogens with zero attached hydrogens (tertiary/aromatic N) is 5. The van der Waals surface area contributed by atoms with Crippen molar-refractivity contribution < 1.29 is 9.59 Å². The summed E-state index contributed by atoms with van der Waals surface area (Å²) < 4.78 is 0. The van der Waals surface area contributed by atoms with Crippen molar-refractivity contribution in [2.24, 2.45) is 0 Å². The molecule has 7 nitrogen and oxygen atoms in total. The van der Waals surface area contributed by atoms with Crippen molar-refractivity contribution in [3.05, 3.63) is 48.2 Å². The molecule has 0 spiro atoms. The zero-order valence-electron chi connectivity index (χ0n) is 16.1. The highest BCUT2D eigenvalue weighted by molar-refractivity contribution is 6.03. The van der Waals surface area contributed by atoms with Gasteiger partial charge in [-0.05, 0) is 50.5 Å². The first-order chi connectivity index (χ1) is 13.7. The van der Waals surface area contributed by atoms with Crippen LogP contribution in [0.25, 0.3) is 0 Å². The van der Waals surface area contributed by atoms with Gasteiger partial charge < -0.3 is 14.7 Å². The van der Waals surface area contributed by atoms with E-state index in [-0.39, 0.29) is 17.5 Å². The molecule has 146 valence electrons. The Kier molecular flexibility index (Phi) is 5.23. The second-order valence-electron chi connectivity index (χ2n) is 7.19. The molecule has 0 aliphatic carbocycles. The van der Waals surface area contributed by atoms with Crippen molar-refractivity contribution in [1.82, 2.24) is 15.1 Å². The highest BCUT2D eigenvalue weighted by Gasteiger charge is 2.38. The monoisotopic (exact) mass is 379 g/mol. The maximum Gasteiger partial charge on any atom is 0.275 e.